The Labute approximate surface area is 187 Å². The highest BCUT2D eigenvalue weighted by Gasteiger charge is 2.30. The van der Waals surface area contributed by atoms with E-state index in [1.165, 1.54) is 7.11 Å². The van der Waals surface area contributed by atoms with Gasteiger partial charge in [-0.15, -0.1) is 0 Å². The molecule has 1 heterocycles. The van der Waals surface area contributed by atoms with Gasteiger partial charge in [-0.05, 0) is 53.8 Å². The van der Waals surface area contributed by atoms with Crippen molar-refractivity contribution in [3.63, 3.8) is 0 Å². The molecule has 1 fully saturated rings. The lowest BCUT2D eigenvalue weighted by molar-refractivity contribution is 0.0437. The number of hydrogen-bond acceptors (Lipinski definition) is 7. The van der Waals surface area contributed by atoms with Crippen LogP contribution in [-0.4, -0.2) is 35.0 Å². The normalized spacial score (nSPS) is 17.2. The zero-order chi connectivity index (χ0) is 23.1. The minimum Gasteiger partial charge on any atom is -0.493 e. The molecular formula is C23H27N3O6. The zero-order valence-electron chi connectivity index (χ0n) is 18.7. The highest BCUT2D eigenvalue weighted by Crippen LogP contribution is 2.48. The molecule has 0 amide bonds. The molecule has 0 aliphatic carbocycles. The molecule has 0 saturated carbocycles. The second-order valence-corrected chi connectivity index (χ2v) is 7.01. The first-order valence-electron chi connectivity index (χ1n) is 10.1. The fourth-order valence-corrected chi connectivity index (χ4v) is 3.77. The van der Waals surface area contributed by atoms with Crippen molar-refractivity contribution in [3.8, 4) is 28.7 Å². The predicted octanol–water partition coefficient (Wildman–Crippen LogP) is 5.82. The molecular weight excluding hydrogens is 414 g/mol. The van der Waals surface area contributed by atoms with Crippen LogP contribution in [-0.2, 0) is 4.74 Å². The SMILES string of the molecule is C=CCOc1c(N=[N+]=[N-])cc([C@H]2CC[C@H](c3cc(OC)c(OC)c(OC)c3)O2)cc1OC. The summed E-state index contributed by atoms with van der Waals surface area (Å²) in [7, 11) is 6.27. The topological polar surface area (TPSA) is 104 Å². The Morgan fingerprint density at radius 2 is 1.47 bits per heavy atom. The van der Waals surface area contributed by atoms with E-state index < -0.39 is 0 Å². The van der Waals surface area contributed by atoms with Gasteiger partial charge in [0, 0.05) is 4.91 Å². The largest absolute Gasteiger partial charge is 0.493 e. The van der Waals surface area contributed by atoms with Crippen LogP contribution >= 0.6 is 0 Å². The van der Waals surface area contributed by atoms with E-state index in [0.717, 1.165) is 24.0 Å². The number of ether oxygens (including phenoxy) is 6. The smallest absolute Gasteiger partial charge is 0.203 e. The summed E-state index contributed by atoms with van der Waals surface area (Å²) in [6.07, 6.45) is 2.79. The highest BCUT2D eigenvalue weighted by molar-refractivity contribution is 5.62. The third-order valence-corrected chi connectivity index (χ3v) is 5.23. The van der Waals surface area contributed by atoms with Crippen molar-refractivity contribution in [2.45, 2.75) is 25.0 Å². The fourth-order valence-electron chi connectivity index (χ4n) is 3.77. The third kappa shape index (κ3) is 4.69. The van der Waals surface area contributed by atoms with E-state index in [0.29, 0.717) is 34.4 Å². The van der Waals surface area contributed by atoms with Crippen LogP contribution in [0.4, 0.5) is 5.69 Å². The van der Waals surface area contributed by atoms with Crippen LogP contribution < -0.4 is 23.7 Å². The first-order valence-corrected chi connectivity index (χ1v) is 10.1. The van der Waals surface area contributed by atoms with Crippen molar-refractivity contribution in [1.29, 1.82) is 0 Å². The summed E-state index contributed by atoms with van der Waals surface area (Å²) in [4.78, 5) is 2.92. The maximum Gasteiger partial charge on any atom is 0.203 e. The Hall–Kier alpha value is -3.55. The summed E-state index contributed by atoms with van der Waals surface area (Å²) in [6.45, 7) is 3.90. The summed E-state index contributed by atoms with van der Waals surface area (Å²) in [5.41, 5.74) is 11.1. The van der Waals surface area contributed by atoms with Gasteiger partial charge in [-0.25, -0.2) is 0 Å². The first-order chi connectivity index (χ1) is 15.6. The molecule has 0 unspecified atom stereocenters. The van der Waals surface area contributed by atoms with Crippen molar-refractivity contribution in [2.75, 3.05) is 35.0 Å². The molecule has 32 heavy (non-hydrogen) atoms. The van der Waals surface area contributed by atoms with Gasteiger partial charge in [-0.3, -0.25) is 0 Å². The van der Waals surface area contributed by atoms with Crippen molar-refractivity contribution < 1.29 is 28.4 Å². The van der Waals surface area contributed by atoms with Crippen molar-refractivity contribution >= 4 is 5.69 Å². The van der Waals surface area contributed by atoms with E-state index in [1.54, 1.807) is 33.5 Å². The molecule has 1 aliphatic rings. The van der Waals surface area contributed by atoms with Crippen LogP contribution in [0.5, 0.6) is 28.7 Å². The van der Waals surface area contributed by atoms with E-state index >= 15 is 0 Å². The van der Waals surface area contributed by atoms with Crippen molar-refractivity contribution in [3.05, 3.63) is 58.5 Å². The van der Waals surface area contributed by atoms with Gasteiger partial charge in [-0.1, -0.05) is 17.8 Å². The quantitative estimate of drug-likeness (QED) is 0.199. The zero-order valence-corrected chi connectivity index (χ0v) is 18.7. The molecule has 9 nitrogen and oxygen atoms in total. The molecule has 2 aromatic carbocycles. The summed E-state index contributed by atoms with van der Waals surface area (Å²) >= 11 is 0. The maximum atomic E-state index is 9.00. The van der Waals surface area contributed by atoms with Gasteiger partial charge in [0.1, 0.15) is 6.61 Å². The lowest BCUT2D eigenvalue weighted by Crippen LogP contribution is -2.03. The van der Waals surface area contributed by atoms with Crippen LogP contribution in [0.1, 0.15) is 36.2 Å². The molecule has 2 aromatic rings. The summed E-state index contributed by atoms with van der Waals surface area (Å²) in [5.74, 6) is 2.52. The van der Waals surface area contributed by atoms with Crippen molar-refractivity contribution in [2.24, 2.45) is 5.11 Å². The van der Waals surface area contributed by atoms with Gasteiger partial charge in [0.2, 0.25) is 5.75 Å². The first kappa shape index (κ1) is 23.1. The molecule has 3 rings (SSSR count). The predicted molar refractivity (Wildman–Crippen MR) is 119 cm³/mol. The number of methoxy groups -OCH3 is 4. The van der Waals surface area contributed by atoms with Gasteiger partial charge in [0.15, 0.2) is 23.0 Å². The average Bonchev–Trinajstić information content (AvgIpc) is 3.32. The Balaban J connectivity index is 1.92. The van der Waals surface area contributed by atoms with E-state index in [2.05, 4.69) is 16.6 Å². The second kappa shape index (κ2) is 10.7. The van der Waals surface area contributed by atoms with E-state index in [1.807, 2.05) is 18.2 Å². The highest BCUT2D eigenvalue weighted by atomic mass is 16.5. The molecule has 0 spiro atoms. The van der Waals surface area contributed by atoms with Crippen molar-refractivity contribution in [1.82, 2.24) is 0 Å². The lowest BCUT2D eigenvalue weighted by Gasteiger charge is -2.19. The van der Waals surface area contributed by atoms with Gasteiger partial charge in [-0.2, -0.15) is 0 Å². The molecule has 1 saturated heterocycles. The Morgan fingerprint density at radius 3 is 1.94 bits per heavy atom. The van der Waals surface area contributed by atoms with Crippen LogP contribution in [0, 0.1) is 0 Å². The lowest BCUT2D eigenvalue weighted by atomic mass is 10.0. The number of rotatable bonds is 10. The summed E-state index contributed by atoms with van der Waals surface area (Å²) < 4.78 is 33.8. The third-order valence-electron chi connectivity index (χ3n) is 5.23. The minimum atomic E-state index is -0.214. The molecule has 170 valence electrons. The van der Waals surface area contributed by atoms with Crippen LogP contribution in [0.3, 0.4) is 0 Å². The standard InChI is InChI=1S/C23H27N3O6/c1-6-9-31-22-16(25-26-24)10-14(11-19(22)27-2)17-7-8-18(32-17)15-12-20(28-3)23(30-5)21(13-15)29-4/h6,10-13,17-18H,1,7-9H2,2-5H3/t17-,18-/m1/s1. The van der Waals surface area contributed by atoms with E-state index in [4.69, 9.17) is 34.0 Å². The van der Waals surface area contributed by atoms with E-state index in [9.17, 15) is 0 Å². The van der Waals surface area contributed by atoms with Gasteiger partial charge >= 0.3 is 0 Å². The molecule has 0 N–H and O–H groups in total. The number of benzene rings is 2. The Bertz CT molecular complexity index is 994. The Kier molecular flexibility index (Phi) is 7.70. The van der Waals surface area contributed by atoms with Gasteiger partial charge in [0.05, 0.1) is 46.3 Å². The maximum absolute atomic E-state index is 9.00. The molecule has 0 bridgehead atoms. The monoisotopic (exact) mass is 441 g/mol. The fraction of sp³-hybridized carbons (Fsp3) is 0.391. The van der Waals surface area contributed by atoms with Gasteiger partial charge in [0.25, 0.3) is 0 Å². The minimum absolute atomic E-state index is 0.167. The molecule has 2 atom stereocenters. The summed E-state index contributed by atoms with van der Waals surface area (Å²) in [5, 5.41) is 3.78. The number of azide groups is 1. The molecule has 0 aromatic heterocycles. The van der Waals surface area contributed by atoms with Crippen LogP contribution in [0.15, 0.2) is 42.0 Å². The molecule has 1 aliphatic heterocycles. The Morgan fingerprint density at radius 1 is 0.938 bits per heavy atom. The molecule has 0 radical (unpaired) electrons. The summed E-state index contributed by atoms with van der Waals surface area (Å²) in [6, 6.07) is 7.40. The van der Waals surface area contributed by atoms with Crippen LogP contribution in [0.25, 0.3) is 10.4 Å². The van der Waals surface area contributed by atoms with Crippen LogP contribution in [0.2, 0.25) is 0 Å². The molecule has 9 heteroatoms. The number of nitrogens with zero attached hydrogens (tertiary/aromatic N) is 3. The number of hydrogen-bond donors (Lipinski definition) is 0. The second-order valence-electron chi connectivity index (χ2n) is 7.01. The van der Waals surface area contributed by atoms with E-state index in [-0.39, 0.29) is 18.8 Å². The van der Waals surface area contributed by atoms with Gasteiger partial charge < -0.3 is 28.4 Å². The average molecular weight is 441 g/mol.